The molecule has 1 heterocycles. The fourth-order valence-electron chi connectivity index (χ4n) is 1.62. The van der Waals surface area contributed by atoms with Crippen LogP contribution in [0.3, 0.4) is 0 Å². The van der Waals surface area contributed by atoms with Gasteiger partial charge in [0, 0.05) is 18.7 Å². The lowest BCUT2D eigenvalue weighted by molar-refractivity contribution is 0.498. The van der Waals surface area contributed by atoms with E-state index in [1.807, 2.05) is 4.72 Å². The van der Waals surface area contributed by atoms with Gasteiger partial charge < -0.3 is 5.32 Å². The minimum atomic E-state index is -4.10. The molecule has 2 aromatic rings. The lowest BCUT2D eigenvalue weighted by atomic mass is 10.3. The average molecular weight is 336 g/mol. The molecule has 21 heavy (non-hydrogen) atoms. The summed E-state index contributed by atoms with van der Waals surface area (Å²) in [6.45, 7) is 0.467. The van der Waals surface area contributed by atoms with Crippen LogP contribution in [-0.4, -0.2) is 15.5 Å². The zero-order chi connectivity index (χ0) is 15.6. The van der Waals surface area contributed by atoms with E-state index in [-0.39, 0.29) is 4.21 Å². The van der Waals surface area contributed by atoms with Crippen LogP contribution in [0.25, 0.3) is 0 Å². The Labute approximate surface area is 123 Å². The van der Waals surface area contributed by atoms with Crippen molar-refractivity contribution in [2.45, 2.75) is 10.8 Å². The largest absolute Gasteiger partial charge is 0.316 e. The maximum Gasteiger partial charge on any atom is 0.271 e. The number of thiophene rings is 1. The summed E-state index contributed by atoms with van der Waals surface area (Å²) >= 11 is 0.930. The van der Waals surface area contributed by atoms with Gasteiger partial charge in [0.25, 0.3) is 10.0 Å². The molecule has 0 bridgehead atoms. The molecule has 0 saturated heterocycles. The van der Waals surface area contributed by atoms with Crippen LogP contribution in [0.5, 0.6) is 0 Å². The number of nitrogens with one attached hydrogen (secondary N) is 2. The van der Waals surface area contributed by atoms with Crippen molar-refractivity contribution < 1.29 is 21.6 Å². The van der Waals surface area contributed by atoms with Crippen molar-refractivity contribution in [2.75, 3.05) is 11.8 Å². The Kier molecular flexibility index (Phi) is 4.55. The molecule has 0 saturated carbocycles. The second-order valence-electron chi connectivity index (χ2n) is 4.16. The summed E-state index contributed by atoms with van der Waals surface area (Å²) < 4.78 is 65.5. The molecule has 0 atom stereocenters. The van der Waals surface area contributed by atoms with E-state index < -0.39 is 33.2 Å². The fourth-order valence-corrected chi connectivity index (χ4v) is 3.88. The Morgan fingerprint density at radius 3 is 2.57 bits per heavy atom. The lowest BCUT2D eigenvalue weighted by Crippen LogP contribution is -2.13. The standard InChI is InChI=1S/C12H11F3N2O2S2/c1-16-5-7-2-11(20-6-7)21(18,19)17-10-4-8(13)3-9(14)12(10)15/h2-4,6,16-17H,5H2,1H3. The molecule has 0 spiro atoms. The van der Waals surface area contributed by atoms with Crippen LogP contribution in [0.4, 0.5) is 18.9 Å². The number of sulfonamides is 1. The van der Waals surface area contributed by atoms with Crippen molar-refractivity contribution in [3.05, 3.63) is 46.6 Å². The van der Waals surface area contributed by atoms with Crippen LogP contribution in [0, 0.1) is 17.5 Å². The van der Waals surface area contributed by atoms with Gasteiger partial charge >= 0.3 is 0 Å². The Hall–Kier alpha value is -1.58. The molecule has 0 aliphatic carbocycles. The highest BCUT2D eigenvalue weighted by Crippen LogP contribution is 2.26. The third kappa shape index (κ3) is 3.55. The van der Waals surface area contributed by atoms with Gasteiger partial charge in [0.2, 0.25) is 0 Å². The number of benzene rings is 1. The first-order valence-corrected chi connectivity index (χ1v) is 8.09. The van der Waals surface area contributed by atoms with Gasteiger partial charge in [-0.25, -0.2) is 21.6 Å². The second kappa shape index (κ2) is 6.04. The summed E-state index contributed by atoms with van der Waals surface area (Å²) in [5.74, 6) is -3.99. The lowest BCUT2D eigenvalue weighted by Gasteiger charge is -2.08. The van der Waals surface area contributed by atoms with Gasteiger partial charge in [-0.05, 0) is 24.1 Å². The SMILES string of the molecule is CNCc1csc(S(=O)(=O)Nc2cc(F)cc(F)c2F)c1. The van der Waals surface area contributed by atoms with E-state index in [0.717, 1.165) is 16.9 Å². The summed E-state index contributed by atoms with van der Waals surface area (Å²) in [7, 11) is -2.40. The smallest absolute Gasteiger partial charge is 0.271 e. The molecule has 2 N–H and O–H groups in total. The van der Waals surface area contributed by atoms with E-state index in [9.17, 15) is 21.6 Å². The fraction of sp³-hybridized carbons (Fsp3) is 0.167. The van der Waals surface area contributed by atoms with Gasteiger partial charge in [-0.15, -0.1) is 11.3 Å². The molecule has 4 nitrogen and oxygen atoms in total. The van der Waals surface area contributed by atoms with Gasteiger partial charge in [0.1, 0.15) is 10.0 Å². The summed E-state index contributed by atoms with van der Waals surface area (Å²) in [5.41, 5.74) is -0.0372. The summed E-state index contributed by atoms with van der Waals surface area (Å²) in [5, 5.41) is 4.47. The van der Waals surface area contributed by atoms with E-state index in [1.165, 1.54) is 6.07 Å². The summed E-state index contributed by atoms with van der Waals surface area (Å²) in [4.78, 5) is 0. The average Bonchev–Trinajstić information content (AvgIpc) is 2.85. The molecule has 0 unspecified atom stereocenters. The predicted octanol–water partition coefficient (Wildman–Crippen LogP) is 2.69. The Morgan fingerprint density at radius 1 is 1.19 bits per heavy atom. The number of rotatable bonds is 5. The highest BCUT2D eigenvalue weighted by molar-refractivity contribution is 7.94. The molecule has 114 valence electrons. The van der Waals surface area contributed by atoms with Crippen molar-refractivity contribution in [1.82, 2.24) is 5.32 Å². The maximum absolute atomic E-state index is 13.5. The van der Waals surface area contributed by atoms with E-state index in [2.05, 4.69) is 5.32 Å². The van der Waals surface area contributed by atoms with Gasteiger partial charge in [0.05, 0.1) is 5.69 Å². The molecule has 0 fully saturated rings. The first-order valence-electron chi connectivity index (χ1n) is 5.73. The Bertz CT molecular complexity index is 760. The predicted molar refractivity (Wildman–Crippen MR) is 74.2 cm³/mol. The molecule has 1 aromatic heterocycles. The maximum atomic E-state index is 13.5. The van der Waals surface area contributed by atoms with Crippen molar-refractivity contribution in [2.24, 2.45) is 0 Å². The minimum Gasteiger partial charge on any atom is -0.316 e. The highest BCUT2D eigenvalue weighted by atomic mass is 32.2. The molecule has 0 radical (unpaired) electrons. The normalized spacial score (nSPS) is 11.6. The zero-order valence-corrected chi connectivity index (χ0v) is 12.4. The first-order chi connectivity index (χ1) is 9.83. The summed E-state index contributed by atoms with van der Waals surface area (Å²) in [6.07, 6.45) is 0. The molecule has 0 aliphatic heterocycles. The molecule has 0 amide bonds. The molecular formula is C12H11F3N2O2S2. The van der Waals surface area contributed by atoms with Crippen LogP contribution in [-0.2, 0) is 16.6 Å². The molecule has 0 aliphatic rings. The van der Waals surface area contributed by atoms with Crippen molar-refractivity contribution >= 4 is 27.0 Å². The highest BCUT2D eigenvalue weighted by Gasteiger charge is 2.21. The topological polar surface area (TPSA) is 58.2 Å². The molecule has 9 heteroatoms. The van der Waals surface area contributed by atoms with Crippen LogP contribution in [0.15, 0.2) is 27.8 Å². The monoisotopic (exact) mass is 336 g/mol. The molecule has 2 rings (SSSR count). The van der Waals surface area contributed by atoms with Crippen LogP contribution < -0.4 is 10.0 Å². The van der Waals surface area contributed by atoms with Crippen molar-refractivity contribution in [1.29, 1.82) is 0 Å². The van der Waals surface area contributed by atoms with Gasteiger partial charge in [-0.1, -0.05) is 0 Å². The van der Waals surface area contributed by atoms with E-state index in [4.69, 9.17) is 0 Å². The Balaban J connectivity index is 2.33. The minimum absolute atomic E-state index is 0.0724. The first kappa shape index (κ1) is 15.8. The van der Waals surface area contributed by atoms with Gasteiger partial charge in [0.15, 0.2) is 11.6 Å². The second-order valence-corrected chi connectivity index (χ2v) is 6.98. The van der Waals surface area contributed by atoms with Gasteiger partial charge in [-0.2, -0.15) is 0 Å². The third-order valence-corrected chi connectivity index (χ3v) is 5.37. The van der Waals surface area contributed by atoms with E-state index in [1.54, 1.807) is 12.4 Å². The Morgan fingerprint density at radius 2 is 1.90 bits per heavy atom. The summed E-state index contributed by atoms with van der Waals surface area (Å²) in [6, 6.07) is 2.32. The number of anilines is 1. The zero-order valence-electron chi connectivity index (χ0n) is 10.8. The van der Waals surface area contributed by atoms with Crippen LogP contribution >= 0.6 is 11.3 Å². The van der Waals surface area contributed by atoms with Crippen molar-refractivity contribution in [3.63, 3.8) is 0 Å². The van der Waals surface area contributed by atoms with Gasteiger partial charge in [-0.3, -0.25) is 4.72 Å². The quantitative estimate of drug-likeness (QED) is 0.826. The third-order valence-electron chi connectivity index (χ3n) is 2.51. The number of halogens is 3. The molecular weight excluding hydrogens is 325 g/mol. The molecule has 1 aromatic carbocycles. The van der Waals surface area contributed by atoms with Crippen LogP contribution in [0.2, 0.25) is 0 Å². The van der Waals surface area contributed by atoms with Crippen LogP contribution in [0.1, 0.15) is 5.56 Å². The number of hydrogen-bond acceptors (Lipinski definition) is 4. The van der Waals surface area contributed by atoms with E-state index >= 15 is 0 Å². The number of hydrogen-bond donors (Lipinski definition) is 2. The van der Waals surface area contributed by atoms with E-state index in [0.29, 0.717) is 18.7 Å². The van der Waals surface area contributed by atoms with Crippen molar-refractivity contribution in [3.8, 4) is 0 Å².